The average molecular weight is 433 g/mol. The number of thioether (sulfide) groups is 1. The summed E-state index contributed by atoms with van der Waals surface area (Å²) in [5, 5.41) is 15.4. The number of benzene rings is 1. The Kier molecular flexibility index (Phi) is 6.04. The van der Waals surface area contributed by atoms with Crippen molar-refractivity contribution in [1.82, 2.24) is 20.1 Å². The number of hydrogen-bond donors (Lipinski definition) is 1. The Hall–Kier alpha value is -1.83. The van der Waals surface area contributed by atoms with E-state index in [4.69, 9.17) is 11.6 Å². The molecule has 3 aromatic rings. The standard InChI is InChI=1S/C20H21ClN4OS2/c1-13(14-4-6-15(21)7-5-14)22-19(26)12-28-20-24-23-18(25(20)16-8-9-16)11-17-3-2-10-27-17/h2-7,10,13,16H,8-9,11-12H2,1H3,(H,22,26). The quantitative estimate of drug-likeness (QED) is 0.515. The van der Waals surface area contributed by atoms with Gasteiger partial charge in [0.1, 0.15) is 5.82 Å². The maximum Gasteiger partial charge on any atom is 0.230 e. The van der Waals surface area contributed by atoms with Crippen LogP contribution in [0.3, 0.4) is 0 Å². The summed E-state index contributed by atoms with van der Waals surface area (Å²) in [5.74, 6) is 1.29. The number of halogens is 1. The highest BCUT2D eigenvalue weighted by Gasteiger charge is 2.30. The van der Waals surface area contributed by atoms with Crippen molar-refractivity contribution in [2.24, 2.45) is 0 Å². The fourth-order valence-corrected chi connectivity index (χ4v) is 4.71. The Morgan fingerprint density at radius 1 is 1.32 bits per heavy atom. The summed E-state index contributed by atoms with van der Waals surface area (Å²) < 4.78 is 2.22. The van der Waals surface area contributed by atoms with E-state index in [2.05, 4.69) is 37.6 Å². The molecule has 0 aliphatic heterocycles. The first-order valence-electron chi connectivity index (χ1n) is 9.24. The Labute approximate surface area is 177 Å². The fourth-order valence-electron chi connectivity index (χ4n) is 3.04. The van der Waals surface area contributed by atoms with Gasteiger partial charge in [0.05, 0.1) is 11.8 Å². The van der Waals surface area contributed by atoms with E-state index in [0.29, 0.717) is 16.8 Å². The Morgan fingerprint density at radius 2 is 2.11 bits per heavy atom. The molecule has 1 aromatic carbocycles. The topological polar surface area (TPSA) is 59.8 Å². The molecule has 0 bridgehead atoms. The molecule has 1 aliphatic rings. The molecule has 1 amide bonds. The average Bonchev–Trinajstić information content (AvgIpc) is 3.23. The molecule has 1 saturated carbocycles. The van der Waals surface area contributed by atoms with Crippen molar-refractivity contribution < 1.29 is 4.79 Å². The van der Waals surface area contributed by atoms with E-state index < -0.39 is 0 Å². The minimum Gasteiger partial charge on any atom is -0.349 e. The van der Waals surface area contributed by atoms with Gasteiger partial charge in [-0.05, 0) is 48.9 Å². The molecule has 0 saturated heterocycles. The molecule has 1 unspecified atom stereocenters. The highest BCUT2D eigenvalue weighted by molar-refractivity contribution is 7.99. The molecule has 0 radical (unpaired) electrons. The molecular formula is C20H21ClN4OS2. The SMILES string of the molecule is CC(NC(=O)CSc1nnc(Cc2cccs2)n1C1CC1)c1ccc(Cl)cc1. The van der Waals surface area contributed by atoms with Crippen molar-refractivity contribution in [3.05, 3.63) is 63.1 Å². The molecule has 2 aromatic heterocycles. The minimum absolute atomic E-state index is 0.0161. The first-order valence-corrected chi connectivity index (χ1v) is 11.5. The summed E-state index contributed by atoms with van der Waals surface area (Å²) in [7, 11) is 0. The third-order valence-corrected chi connectivity index (χ3v) is 6.71. The maximum atomic E-state index is 12.4. The van der Waals surface area contributed by atoms with Gasteiger partial charge in [0.2, 0.25) is 5.91 Å². The third-order valence-electron chi connectivity index (χ3n) is 4.64. The number of carbonyl (C=O) groups is 1. The summed E-state index contributed by atoms with van der Waals surface area (Å²) in [4.78, 5) is 13.7. The van der Waals surface area contributed by atoms with Crippen molar-refractivity contribution in [2.45, 2.75) is 43.4 Å². The molecule has 1 aliphatic carbocycles. The monoisotopic (exact) mass is 432 g/mol. The van der Waals surface area contributed by atoms with E-state index in [1.165, 1.54) is 16.6 Å². The lowest BCUT2D eigenvalue weighted by atomic mass is 10.1. The van der Waals surface area contributed by atoms with Crippen LogP contribution in [0.25, 0.3) is 0 Å². The summed E-state index contributed by atoms with van der Waals surface area (Å²) >= 11 is 9.11. The van der Waals surface area contributed by atoms with Gasteiger partial charge in [-0.2, -0.15) is 0 Å². The third kappa shape index (κ3) is 4.77. The molecule has 8 heteroatoms. The maximum absolute atomic E-state index is 12.4. The predicted molar refractivity (Wildman–Crippen MR) is 114 cm³/mol. The van der Waals surface area contributed by atoms with Gasteiger partial charge in [-0.3, -0.25) is 4.79 Å². The van der Waals surface area contributed by atoms with Crippen molar-refractivity contribution in [3.8, 4) is 0 Å². The van der Waals surface area contributed by atoms with Crippen LogP contribution in [0.5, 0.6) is 0 Å². The van der Waals surface area contributed by atoms with E-state index in [0.717, 1.165) is 35.8 Å². The molecule has 4 rings (SSSR count). The van der Waals surface area contributed by atoms with Gasteiger partial charge in [0.15, 0.2) is 5.16 Å². The number of aromatic nitrogens is 3. The van der Waals surface area contributed by atoms with E-state index in [1.807, 2.05) is 31.2 Å². The molecule has 1 fully saturated rings. The number of rotatable bonds is 8. The van der Waals surface area contributed by atoms with Crippen molar-refractivity contribution in [1.29, 1.82) is 0 Å². The van der Waals surface area contributed by atoms with Crippen LogP contribution in [0.2, 0.25) is 5.02 Å². The molecule has 5 nitrogen and oxygen atoms in total. The summed E-state index contributed by atoms with van der Waals surface area (Å²) in [6.45, 7) is 1.97. The van der Waals surface area contributed by atoms with Crippen LogP contribution in [0.15, 0.2) is 46.9 Å². The molecule has 146 valence electrons. The highest BCUT2D eigenvalue weighted by Crippen LogP contribution is 2.39. The molecular weight excluding hydrogens is 412 g/mol. The van der Waals surface area contributed by atoms with Gasteiger partial charge in [0.25, 0.3) is 0 Å². The number of thiophene rings is 1. The van der Waals surface area contributed by atoms with E-state index in [9.17, 15) is 4.79 Å². The van der Waals surface area contributed by atoms with Gasteiger partial charge in [-0.1, -0.05) is 41.6 Å². The summed E-state index contributed by atoms with van der Waals surface area (Å²) in [6.07, 6.45) is 3.10. The second-order valence-electron chi connectivity index (χ2n) is 6.89. The number of carbonyl (C=O) groups excluding carboxylic acids is 1. The zero-order chi connectivity index (χ0) is 19.5. The predicted octanol–water partition coefficient (Wildman–Crippen LogP) is 4.89. The van der Waals surface area contributed by atoms with Crippen LogP contribution in [-0.4, -0.2) is 26.4 Å². The van der Waals surface area contributed by atoms with E-state index in [-0.39, 0.29) is 11.9 Å². The van der Waals surface area contributed by atoms with Crippen LogP contribution in [0, 0.1) is 0 Å². The minimum atomic E-state index is -0.0685. The molecule has 1 atom stereocenters. The number of nitrogens with zero attached hydrogens (tertiary/aromatic N) is 3. The zero-order valence-electron chi connectivity index (χ0n) is 15.5. The van der Waals surface area contributed by atoms with Gasteiger partial charge in [-0.15, -0.1) is 21.5 Å². The number of amides is 1. The second-order valence-corrected chi connectivity index (χ2v) is 9.30. The van der Waals surface area contributed by atoms with Crippen molar-refractivity contribution >= 4 is 40.6 Å². The van der Waals surface area contributed by atoms with E-state index >= 15 is 0 Å². The van der Waals surface area contributed by atoms with Gasteiger partial charge in [-0.25, -0.2) is 0 Å². The van der Waals surface area contributed by atoms with Crippen molar-refractivity contribution in [2.75, 3.05) is 5.75 Å². The smallest absolute Gasteiger partial charge is 0.230 e. The van der Waals surface area contributed by atoms with Crippen LogP contribution in [0.1, 0.15) is 48.1 Å². The zero-order valence-corrected chi connectivity index (χ0v) is 17.9. The molecule has 1 N–H and O–H groups in total. The highest BCUT2D eigenvalue weighted by atomic mass is 35.5. The lowest BCUT2D eigenvalue weighted by molar-refractivity contribution is -0.119. The molecule has 0 spiro atoms. The van der Waals surface area contributed by atoms with Crippen LogP contribution < -0.4 is 5.32 Å². The number of hydrogen-bond acceptors (Lipinski definition) is 5. The fraction of sp³-hybridized carbons (Fsp3) is 0.350. The Bertz CT molecular complexity index is 936. The Balaban J connectivity index is 1.37. The number of nitrogens with one attached hydrogen (secondary N) is 1. The van der Waals surface area contributed by atoms with Gasteiger partial charge in [0, 0.05) is 22.4 Å². The van der Waals surface area contributed by atoms with Crippen LogP contribution in [-0.2, 0) is 11.2 Å². The van der Waals surface area contributed by atoms with E-state index in [1.54, 1.807) is 11.3 Å². The normalized spacial score (nSPS) is 14.8. The lowest BCUT2D eigenvalue weighted by Crippen LogP contribution is -2.28. The first kappa shape index (κ1) is 19.5. The molecule has 2 heterocycles. The van der Waals surface area contributed by atoms with Crippen LogP contribution in [0.4, 0.5) is 0 Å². The second kappa shape index (κ2) is 8.68. The van der Waals surface area contributed by atoms with Gasteiger partial charge < -0.3 is 9.88 Å². The summed E-state index contributed by atoms with van der Waals surface area (Å²) in [6, 6.07) is 12.1. The molecule has 28 heavy (non-hydrogen) atoms. The lowest BCUT2D eigenvalue weighted by Gasteiger charge is -2.14. The van der Waals surface area contributed by atoms with Crippen molar-refractivity contribution in [3.63, 3.8) is 0 Å². The van der Waals surface area contributed by atoms with Crippen LogP contribution >= 0.6 is 34.7 Å². The first-order chi connectivity index (χ1) is 13.6. The Morgan fingerprint density at radius 3 is 2.79 bits per heavy atom. The van der Waals surface area contributed by atoms with Gasteiger partial charge >= 0.3 is 0 Å². The summed E-state index contributed by atoms with van der Waals surface area (Å²) in [5.41, 5.74) is 1.03. The largest absolute Gasteiger partial charge is 0.349 e.